The van der Waals surface area contributed by atoms with Crippen LogP contribution >= 0.6 is 0 Å². The highest BCUT2D eigenvalue weighted by molar-refractivity contribution is 5.97. The van der Waals surface area contributed by atoms with E-state index in [1.165, 1.54) is 12.0 Å². The van der Waals surface area contributed by atoms with Crippen molar-refractivity contribution in [2.45, 2.75) is 33.4 Å². The summed E-state index contributed by atoms with van der Waals surface area (Å²) in [5.74, 6) is -0.245. The Morgan fingerprint density at radius 3 is 2.39 bits per heavy atom. The van der Waals surface area contributed by atoms with Gasteiger partial charge in [-0.25, -0.2) is 4.79 Å². The summed E-state index contributed by atoms with van der Waals surface area (Å²) in [7, 11) is 2.93. The third-order valence-electron chi connectivity index (χ3n) is 4.40. The van der Waals surface area contributed by atoms with Crippen molar-refractivity contribution in [3.63, 3.8) is 0 Å². The molecule has 28 heavy (non-hydrogen) atoms. The number of hydrogen-bond donors (Lipinski definition) is 1. The Kier molecular flexibility index (Phi) is 6.98. The zero-order valence-corrected chi connectivity index (χ0v) is 16.8. The molecule has 1 heterocycles. The van der Waals surface area contributed by atoms with Gasteiger partial charge >= 0.3 is 5.97 Å². The molecule has 0 saturated carbocycles. The quantitative estimate of drug-likeness (QED) is 0.739. The van der Waals surface area contributed by atoms with Gasteiger partial charge in [0.25, 0.3) is 5.91 Å². The SMILES string of the molecule is COC(=O)c1cc(CN(C)C(=O)[C@@H](NC(=O)c2ccccc2)C(C)C)oc1C. The average Bonchev–Trinajstić information content (AvgIpc) is 3.05. The number of hydrogen-bond acceptors (Lipinski definition) is 5. The van der Waals surface area contributed by atoms with Gasteiger partial charge in [-0.2, -0.15) is 0 Å². The third kappa shape index (κ3) is 5.00. The van der Waals surface area contributed by atoms with Gasteiger partial charge in [0.2, 0.25) is 5.91 Å². The number of nitrogens with one attached hydrogen (secondary N) is 1. The summed E-state index contributed by atoms with van der Waals surface area (Å²) in [5.41, 5.74) is 0.823. The second-order valence-electron chi connectivity index (χ2n) is 6.93. The number of furan rings is 1. The minimum Gasteiger partial charge on any atom is -0.465 e. The Bertz CT molecular complexity index is 842. The van der Waals surface area contributed by atoms with E-state index in [1.54, 1.807) is 44.3 Å². The molecule has 1 atom stereocenters. The molecular weight excluding hydrogens is 360 g/mol. The Hall–Kier alpha value is -3.09. The van der Waals surface area contributed by atoms with E-state index < -0.39 is 12.0 Å². The largest absolute Gasteiger partial charge is 0.465 e. The van der Waals surface area contributed by atoms with Crippen LogP contribution in [0.4, 0.5) is 0 Å². The molecule has 7 heteroatoms. The van der Waals surface area contributed by atoms with Crippen molar-refractivity contribution in [2.75, 3.05) is 14.2 Å². The summed E-state index contributed by atoms with van der Waals surface area (Å²) in [6, 6.07) is 9.63. The molecule has 0 aliphatic heterocycles. The van der Waals surface area contributed by atoms with Gasteiger partial charge < -0.3 is 19.4 Å². The van der Waals surface area contributed by atoms with Gasteiger partial charge in [0.1, 0.15) is 23.1 Å². The summed E-state index contributed by atoms with van der Waals surface area (Å²) >= 11 is 0. The van der Waals surface area contributed by atoms with Crippen molar-refractivity contribution in [3.8, 4) is 0 Å². The average molecular weight is 386 g/mol. The minimum atomic E-state index is -0.686. The first kappa shape index (κ1) is 21.2. The van der Waals surface area contributed by atoms with E-state index in [0.717, 1.165) is 0 Å². The third-order valence-corrected chi connectivity index (χ3v) is 4.40. The summed E-state index contributed by atoms with van der Waals surface area (Å²) in [5, 5.41) is 2.81. The highest BCUT2D eigenvalue weighted by atomic mass is 16.5. The van der Waals surface area contributed by atoms with Crippen LogP contribution in [0, 0.1) is 12.8 Å². The topological polar surface area (TPSA) is 88.9 Å². The van der Waals surface area contributed by atoms with Crippen LogP contribution in [-0.4, -0.2) is 42.9 Å². The normalized spacial score (nSPS) is 11.8. The first-order chi connectivity index (χ1) is 13.2. The number of methoxy groups -OCH3 is 1. The maximum Gasteiger partial charge on any atom is 0.341 e. The number of rotatable bonds is 7. The number of likely N-dealkylation sites (N-methyl/N-ethyl adjacent to an activating group) is 1. The zero-order valence-electron chi connectivity index (χ0n) is 16.8. The second kappa shape index (κ2) is 9.21. The van der Waals surface area contributed by atoms with E-state index in [-0.39, 0.29) is 24.3 Å². The highest BCUT2D eigenvalue weighted by Gasteiger charge is 2.28. The highest BCUT2D eigenvalue weighted by Crippen LogP contribution is 2.18. The molecule has 0 spiro atoms. The predicted octanol–water partition coefficient (Wildman–Crippen LogP) is 2.79. The molecule has 150 valence electrons. The molecule has 1 aromatic heterocycles. The van der Waals surface area contributed by atoms with Crippen molar-refractivity contribution in [3.05, 3.63) is 59.0 Å². The lowest BCUT2D eigenvalue weighted by atomic mass is 10.0. The molecule has 2 aromatic rings. The zero-order chi connectivity index (χ0) is 20.8. The summed E-state index contributed by atoms with van der Waals surface area (Å²) in [6.07, 6.45) is 0. The molecular formula is C21H26N2O5. The number of carbonyl (C=O) groups excluding carboxylic acids is 3. The van der Waals surface area contributed by atoms with Crippen LogP contribution in [0.15, 0.2) is 40.8 Å². The van der Waals surface area contributed by atoms with E-state index in [0.29, 0.717) is 22.6 Å². The Labute approximate surface area is 164 Å². The predicted molar refractivity (Wildman–Crippen MR) is 104 cm³/mol. The molecule has 2 amide bonds. The van der Waals surface area contributed by atoms with Crippen molar-refractivity contribution >= 4 is 17.8 Å². The van der Waals surface area contributed by atoms with Crippen LogP contribution in [0.1, 0.15) is 46.1 Å². The molecule has 0 aliphatic carbocycles. The molecule has 0 unspecified atom stereocenters. The van der Waals surface area contributed by atoms with Gasteiger partial charge in [0.05, 0.1) is 13.7 Å². The van der Waals surface area contributed by atoms with Gasteiger partial charge in [-0.15, -0.1) is 0 Å². The van der Waals surface area contributed by atoms with Gasteiger partial charge in [0, 0.05) is 12.6 Å². The van der Waals surface area contributed by atoms with Crippen LogP contribution in [-0.2, 0) is 16.1 Å². The van der Waals surface area contributed by atoms with E-state index in [1.807, 2.05) is 19.9 Å². The minimum absolute atomic E-state index is 0.105. The smallest absolute Gasteiger partial charge is 0.341 e. The summed E-state index contributed by atoms with van der Waals surface area (Å²) in [6.45, 7) is 5.57. The van der Waals surface area contributed by atoms with Gasteiger partial charge in [0.15, 0.2) is 0 Å². The van der Waals surface area contributed by atoms with Crippen LogP contribution < -0.4 is 5.32 Å². The molecule has 0 saturated heterocycles. The van der Waals surface area contributed by atoms with Crippen molar-refractivity contribution < 1.29 is 23.5 Å². The lowest BCUT2D eigenvalue weighted by Gasteiger charge is -2.26. The fourth-order valence-corrected chi connectivity index (χ4v) is 2.81. The van der Waals surface area contributed by atoms with E-state index in [4.69, 9.17) is 9.15 Å². The molecule has 7 nitrogen and oxygen atoms in total. The van der Waals surface area contributed by atoms with Crippen LogP contribution in [0.25, 0.3) is 0 Å². The molecule has 0 radical (unpaired) electrons. The fourth-order valence-electron chi connectivity index (χ4n) is 2.81. The maximum atomic E-state index is 12.9. The number of benzene rings is 1. The first-order valence-corrected chi connectivity index (χ1v) is 9.03. The van der Waals surface area contributed by atoms with Gasteiger partial charge in [-0.3, -0.25) is 9.59 Å². The van der Waals surface area contributed by atoms with Crippen LogP contribution in [0.5, 0.6) is 0 Å². The van der Waals surface area contributed by atoms with Crippen LogP contribution in [0.3, 0.4) is 0 Å². The molecule has 1 aromatic carbocycles. The molecule has 1 N–H and O–H groups in total. The summed E-state index contributed by atoms with van der Waals surface area (Å²) < 4.78 is 10.3. The molecule has 0 aliphatic rings. The summed E-state index contributed by atoms with van der Waals surface area (Å²) in [4.78, 5) is 38.5. The molecule has 0 fully saturated rings. The van der Waals surface area contributed by atoms with E-state index in [9.17, 15) is 14.4 Å². The maximum absolute atomic E-state index is 12.9. The van der Waals surface area contributed by atoms with Crippen molar-refractivity contribution in [1.82, 2.24) is 10.2 Å². The second-order valence-corrected chi connectivity index (χ2v) is 6.93. The van der Waals surface area contributed by atoms with E-state index in [2.05, 4.69) is 5.32 Å². The number of carbonyl (C=O) groups is 3. The lowest BCUT2D eigenvalue weighted by molar-refractivity contribution is -0.133. The molecule has 2 rings (SSSR count). The molecule has 0 bridgehead atoms. The number of ether oxygens (including phenoxy) is 1. The number of nitrogens with zero attached hydrogens (tertiary/aromatic N) is 1. The fraction of sp³-hybridized carbons (Fsp3) is 0.381. The van der Waals surface area contributed by atoms with Gasteiger partial charge in [-0.05, 0) is 31.0 Å². The van der Waals surface area contributed by atoms with Crippen molar-refractivity contribution in [2.24, 2.45) is 5.92 Å². The number of amides is 2. The standard InChI is InChI=1S/C21H26N2O5/c1-13(2)18(22-19(24)15-9-7-6-8-10-15)20(25)23(4)12-16-11-17(14(3)28-16)21(26)27-5/h6-11,13,18H,12H2,1-5H3,(H,22,24)/t18-/m0/s1. The van der Waals surface area contributed by atoms with E-state index >= 15 is 0 Å². The van der Waals surface area contributed by atoms with Crippen molar-refractivity contribution in [1.29, 1.82) is 0 Å². The Morgan fingerprint density at radius 1 is 1.18 bits per heavy atom. The lowest BCUT2D eigenvalue weighted by Crippen LogP contribution is -2.50. The van der Waals surface area contributed by atoms with Crippen LogP contribution in [0.2, 0.25) is 0 Å². The number of aryl methyl sites for hydroxylation is 1. The Balaban J connectivity index is 2.10. The monoisotopic (exact) mass is 386 g/mol. The first-order valence-electron chi connectivity index (χ1n) is 9.03. The number of esters is 1. The van der Waals surface area contributed by atoms with Gasteiger partial charge in [-0.1, -0.05) is 32.0 Å². The Morgan fingerprint density at radius 2 is 1.82 bits per heavy atom.